The number of hydrogen-bond acceptors (Lipinski definition) is 3. The molecule has 4 rings (SSSR count). The molecule has 1 aromatic heterocycles. The van der Waals surface area contributed by atoms with Crippen molar-refractivity contribution in [3.63, 3.8) is 0 Å². The number of aryl methyl sites for hydroxylation is 1. The minimum atomic E-state index is -0.0354. The number of benzene rings is 2. The fraction of sp³-hybridized carbons (Fsp3) is 0.182. The molecule has 1 aliphatic rings. The van der Waals surface area contributed by atoms with Crippen molar-refractivity contribution in [2.75, 3.05) is 16.8 Å². The Kier molecular flexibility index (Phi) is 4.65. The number of nitrogens with zero attached hydrogens (tertiary/aromatic N) is 2. The zero-order valence-electron chi connectivity index (χ0n) is 14.6. The summed E-state index contributed by atoms with van der Waals surface area (Å²) >= 11 is 0. The summed E-state index contributed by atoms with van der Waals surface area (Å²) in [6.07, 6.45) is 3.74. The van der Waals surface area contributed by atoms with Gasteiger partial charge in [0.05, 0.1) is 11.9 Å². The van der Waals surface area contributed by atoms with Crippen molar-refractivity contribution < 1.29 is 4.79 Å². The summed E-state index contributed by atoms with van der Waals surface area (Å²) in [7, 11) is 0. The standard InChI is InChI=1S/C22H21N3O/c26-22(25-14-6-10-18-9-4-5-11-21(18)25)20-13-12-19(16-24-20)23-15-17-7-2-1-3-8-17/h1-5,7-9,11-13,16,23H,6,10,14-15H2. The van der Waals surface area contributed by atoms with Crippen LogP contribution in [0.4, 0.5) is 11.4 Å². The summed E-state index contributed by atoms with van der Waals surface area (Å²) in [4.78, 5) is 19.1. The molecule has 3 aromatic rings. The van der Waals surface area contributed by atoms with Gasteiger partial charge in [0, 0.05) is 18.8 Å². The molecule has 0 bridgehead atoms. The Bertz CT molecular complexity index is 891. The lowest BCUT2D eigenvalue weighted by Gasteiger charge is -2.29. The van der Waals surface area contributed by atoms with Crippen molar-refractivity contribution in [1.29, 1.82) is 0 Å². The second-order valence-corrected chi connectivity index (χ2v) is 6.46. The van der Waals surface area contributed by atoms with Crippen LogP contribution in [0.25, 0.3) is 0 Å². The monoisotopic (exact) mass is 343 g/mol. The van der Waals surface area contributed by atoms with Crippen LogP contribution in [0.3, 0.4) is 0 Å². The molecule has 1 amide bonds. The Morgan fingerprint density at radius 1 is 1.00 bits per heavy atom. The number of pyridine rings is 1. The van der Waals surface area contributed by atoms with Crippen molar-refractivity contribution in [3.8, 4) is 0 Å². The molecule has 0 saturated heterocycles. The number of hydrogen-bond donors (Lipinski definition) is 1. The number of carbonyl (C=O) groups is 1. The van der Waals surface area contributed by atoms with Gasteiger partial charge in [-0.3, -0.25) is 4.79 Å². The largest absolute Gasteiger partial charge is 0.380 e. The second kappa shape index (κ2) is 7.40. The third-order valence-electron chi connectivity index (χ3n) is 4.68. The molecule has 130 valence electrons. The van der Waals surface area contributed by atoms with Gasteiger partial charge < -0.3 is 10.2 Å². The van der Waals surface area contributed by atoms with Gasteiger partial charge in [0.2, 0.25) is 0 Å². The van der Waals surface area contributed by atoms with Crippen LogP contribution in [0.2, 0.25) is 0 Å². The number of para-hydroxylation sites is 1. The number of amides is 1. The molecule has 0 atom stereocenters. The number of aromatic nitrogens is 1. The number of nitrogens with one attached hydrogen (secondary N) is 1. The van der Waals surface area contributed by atoms with Crippen molar-refractivity contribution >= 4 is 17.3 Å². The van der Waals surface area contributed by atoms with Crippen LogP contribution in [-0.4, -0.2) is 17.4 Å². The Hall–Kier alpha value is -3.14. The summed E-state index contributed by atoms with van der Waals surface area (Å²) in [6, 6.07) is 22.0. The Balaban J connectivity index is 1.46. The molecule has 2 heterocycles. The van der Waals surface area contributed by atoms with Crippen molar-refractivity contribution in [1.82, 2.24) is 4.98 Å². The maximum atomic E-state index is 12.9. The normalized spacial score (nSPS) is 13.2. The summed E-state index contributed by atoms with van der Waals surface area (Å²) in [5, 5.41) is 3.33. The zero-order chi connectivity index (χ0) is 17.8. The van der Waals surface area contributed by atoms with Gasteiger partial charge in [-0.25, -0.2) is 4.98 Å². The maximum Gasteiger partial charge on any atom is 0.276 e. The van der Waals surface area contributed by atoms with Crippen LogP contribution >= 0.6 is 0 Å². The highest BCUT2D eigenvalue weighted by atomic mass is 16.2. The van der Waals surface area contributed by atoms with Crippen LogP contribution in [0.15, 0.2) is 72.9 Å². The molecule has 1 aliphatic heterocycles. The van der Waals surface area contributed by atoms with E-state index >= 15 is 0 Å². The second-order valence-electron chi connectivity index (χ2n) is 6.46. The van der Waals surface area contributed by atoms with Gasteiger partial charge in [-0.2, -0.15) is 0 Å². The highest BCUT2D eigenvalue weighted by Gasteiger charge is 2.23. The average Bonchev–Trinajstić information content (AvgIpc) is 2.72. The molecule has 0 spiro atoms. The van der Waals surface area contributed by atoms with Gasteiger partial charge in [-0.1, -0.05) is 48.5 Å². The van der Waals surface area contributed by atoms with Gasteiger partial charge in [-0.15, -0.1) is 0 Å². The summed E-state index contributed by atoms with van der Waals surface area (Å²) in [5.74, 6) is -0.0354. The Labute approximate surface area is 153 Å². The quantitative estimate of drug-likeness (QED) is 0.769. The minimum Gasteiger partial charge on any atom is -0.380 e. The van der Waals surface area contributed by atoms with E-state index in [4.69, 9.17) is 0 Å². The van der Waals surface area contributed by atoms with Crippen molar-refractivity contribution in [3.05, 3.63) is 89.7 Å². The first-order chi connectivity index (χ1) is 12.8. The highest BCUT2D eigenvalue weighted by Crippen LogP contribution is 2.27. The first kappa shape index (κ1) is 16.3. The third-order valence-corrected chi connectivity index (χ3v) is 4.68. The fourth-order valence-corrected chi connectivity index (χ4v) is 3.31. The molecule has 0 saturated carbocycles. The zero-order valence-corrected chi connectivity index (χ0v) is 14.6. The molecule has 26 heavy (non-hydrogen) atoms. The SMILES string of the molecule is O=C(c1ccc(NCc2ccccc2)cn1)N1CCCc2ccccc21. The smallest absolute Gasteiger partial charge is 0.276 e. The molecule has 4 heteroatoms. The van der Waals surface area contributed by atoms with E-state index in [-0.39, 0.29) is 5.91 Å². The molecule has 2 aromatic carbocycles. The lowest BCUT2D eigenvalue weighted by Crippen LogP contribution is -2.35. The van der Waals surface area contributed by atoms with Gasteiger partial charge in [-0.05, 0) is 42.2 Å². The van der Waals surface area contributed by atoms with Crippen LogP contribution in [0.5, 0.6) is 0 Å². The molecular weight excluding hydrogens is 322 g/mol. The Morgan fingerprint density at radius 2 is 1.81 bits per heavy atom. The molecule has 0 radical (unpaired) electrons. The fourth-order valence-electron chi connectivity index (χ4n) is 3.31. The number of anilines is 2. The molecule has 4 nitrogen and oxygen atoms in total. The van der Waals surface area contributed by atoms with E-state index in [0.29, 0.717) is 5.69 Å². The lowest BCUT2D eigenvalue weighted by molar-refractivity contribution is 0.0980. The van der Waals surface area contributed by atoms with Gasteiger partial charge in [0.25, 0.3) is 5.91 Å². The summed E-state index contributed by atoms with van der Waals surface area (Å²) in [5.41, 5.74) is 4.83. The molecule has 0 unspecified atom stereocenters. The number of fused-ring (bicyclic) bond motifs is 1. The van der Waals surface area contributed by atoms with E-state index in [1.165, 1.54) is 11.1 Å². The third kappa shape index (κ3) is 3.45. The minimum absolute atomic E-state index is 0.0354. The van der Waals surface area contributed by atoms with Crippen LogP contribution in [0, 0.1) is 0 Å². The first-order valence-corrected chi connectivity index (χ1v) is 8.95. The van der Waals surface area contributed by atoms with E-state index in [1.807, 2.05) is 47.4 Å². The van der Waals surface area contributed by atoms with E-state index in [9.17, 15) is 4.79 Å². The van der Waals surface area contributed by atoms with Gasteiger partial charge >= 0.3 is 0 Å². The summed E-state index contributed by atoms with van der Waals surface area (Å²) in [6.45, 7) is 1.47. The van der Waals surface area contributed by atoms with Crippen LogP contribution in [-0.2, 0) is 13.0 Å². The van der Waals surface area contributed by atoms with Crippen molar-refractivity contribution in [2.24, 2.45) is 0 Å². The molecule has 1 N–H and O–H groups in total. The molecular formula is C22H21N3O. The highest BCUT2D eigenvalue weighted by molar-refractivity contribution is 6.05. The van der Waals surface area contributed by atoms with E-state index < -0.39 is 0 Å². The van der Waals surface area contributed by atoms with E-state index in [1.54, 1.807) is 12.3 Å². The topological polar surface area (TPSA) is 45.2 Å². The van der Waals surface area contributed by atoms with E-state index in [2.05, 4.69) is 28.5 Å². The molecule has 0 aliphatic carbocycles. The van der Waals surface area contributed by atoms with Crippen molar-refractivity contribution in [2.45, 2.75) is 19.4 Å². The predicted molar refractivity (Wildman–Crippen MR) is 104 cm³/mol. The van der Waals surface area contributed by atoms with Gasteiger partial charge in [0.1, 0.15) is 5.69 Å². The number of carbonyl (C=O) groups excluding carboxylic acids is 1. The first-order valence-electron chi connectivity index (χ1n) is 8.95. The Morgan fingerprint density at radius 3 is 2.62 bits per heavy atom. The van der Waals surface area contributed by atoms with Gasteiger partial charge in [0.15, 0.2) is 0 Å². The van der Waals surface area contributed by atoms with E-state index in [0.717, 1.165) is 37.3 Å². The summed E-state index contributed by atoms with van der Waals surface area (Å²) < 4.78 is 0. The van der Waals surface area contributed by atoms with Crippen LogP contribution in [0.1, 0.15) is 28.0 Å². The molecule has 0 fully saturated rings. The predicted octanol–water partition coefficient (Wildman–Crippen LogP) is 4.29. The average molecular weight is 343 g/mol. The lowest BCUT2D eigenvalue weighted by atomic mass is 10.0. The van der Waals surface area contributed by atoms with Crippen LogP contribution < -0.4 is 10.2 Å². The number of rotatable bonds is 4. The maximum absolute atomic E-state index is 12.9.